The summed E-state index contributed by atoms with van der Waals surface area (Å²) < 4.78 is 5.88. The van der Waals surface area contributed by atoms with Crippen molar-refractivity contribution in [1.29, 1.82) is 0 Å². The molecule has 0 N–H and O–H groups in total. The van der Waals surface area contributed by atoms with Crippen LogP contribution in [0.5, 0.6) is 0 Å². The highest BCUT2D eigenvalue weighted by atomic mass is 16.3. The van der Waals surface area contributed by atoms with Crippen LogP contribution in [0.3, 0.4) is 0 Å². The molecule has 2 rings (SSSR count). The van der Waals surface area contributed by atoms with E-state index in [2.05, 4.69) is 32.9 Å². The van der Waals surface area contributed by atoms with Gasteiger partial charge in [0.05, 0.1) is 11.6 Å². The van der Waals surface area contributed by atoms with Gasteiger partial charge >= 0.3 is 0 Å². The van der Waals surface area contributed by atoms with Crippen LogP contribution in [-0.4, -0.2) is 0 Å². The molecule has 0 aliphatic carbocycles. The minimum Gasteiger partial charge on any atom is -0.464 e. The summed E-state index contributed by atoms with van der Waals surface area (Å²) in [5, 5.41) is 0.782. The maximum Gasteiger partial charge on any atom is 0.195 e. The summed E-state index contributed by atoms with van der Waals surface area (Å²) in [7, 11) is 0. The lowest BCUT2D eigenvalue weighted by Crippen LogP contribution is -2.10. The van der Waals surface area contributed by atoms with Crippen molar-refractivity contribution >= 4 is 11.0 Å². The fourth-order valence-electron chi connectivity index (χ4n) is 3.64. The van der Waals surface area contributed by atoms with E-state index >= 15 is 0 Å². The van der Waals surface area contributed by atoms with E-state index in [1.165, 1.54) is 56.1 Å². The number of aryl methyl sites for hydroxylation is 3. The molecule has 2 aromatic rings. The second-order valence-corrected chi connectivity index (χ2v) is 7.58. The molecule has 1 aromatic carbocycles. The summed E-state index contributed by atoms with van der Waals surface area (Å²) in [6, 6.07) is 4.28. The van der Waals surface area contributed by atoms with Crippen LogP contribution in [0.1, 0.15) is 95.2 Å². The summed E-state index contributed by atoms with van der Waals surface area (Å²) >= 11 is 0. The molecule has 0 saturated heterocycles. The normalized spacial score (nSPS) is 11.3. The SMILES string of the molecule is CCCCCc1cc2occ(CCCCC)c(=O)c2cc1CCCCC. The summed E-state index contributed by atoms with van der Waals surface area (Å²) in [4.78, 5) is 12.9. The van der Waals surface area contributed by atoms with Crippen molar-refractivity contribution < 1.29 is 4.42 Å². The molecule has 0 fully saturated rings. The maximum atomic E-state index is 12.9. The van der Waals surface area contributed by atoms with Crippen LogP contribution in [0.15, 0.2) is 27.6 Å². The van der Waals surface area contributed by atoms with Gasteiger partial charge in [-0.1, -0.05) is 59.3 Å². The van der Waals surface area contributed by atoms with E-state index in [1.54, 1.807) is 6.26 Å². The molecule has 1 aromatic heterocycles. The smallest absolute Gasteiger partial charge is 0.195 e. The molecular formula is C24H36O2. The Balaban J connectivity index is 2.33. The van der Waals surface area contributed by atoms with Crippen molar-refractivity contribution in [2.24, 2.45) is 0 Å². The third kappa shape index (κ3) is 5.72. The Hall–Kier alpha value is -1.57. The number of fused-ring (bicyclic) bond motifs is 1. The highest BCUT2D eigenvalue weighted by Crippen LogP contribution is 2.23. The summed E-state index contributed by atoms with van der Waals surface area (Å²) in [6.45, 7) is 6.66. The standard InChI is InChI=1S/C24H36O2/c1-4-7-10-13-19-16-22-23(17-20(19)14-11-8-5-2)26-18-21(24(22)25)15-12-9-6-3/h16-18H,4-15H2,1-3H3. The van der Waals surface area contributed by atoms with Gasteiger partial charge in [0, 0.05) is 5.56 Å². The number of hydrogen-bond donors (Lipinski definition) is 0. The summed E-state index contributed by atoms with van der Waals surface area (Å²) in [5.74, 6) is 0. The predicted molar refractivity (Wildman–Crippen MR) is 112 cm³/mol. The van der Waals surface area contributed by atoms with Gasteiger partial charge < -0.3 is 4.42 Å². The fraction of sp³-hybridized carbons (Fsp3) is 0.625. The van der Waals surface area contributed by atoms with Crippen molar-refractivity contribution in [3.05, 3.63) is 45.3 Å². The molecule has 0 amide bonds. The molecule has 0 spiro atoms. The molecule has 2 nitrogen and oxygen atoms in total. The third-order valence-corrected chi connectivity index (χ3v) is 5.32. The molecule has 2 heteroatoms. The van der Waals surface area contributed by atoms with Gasteiger partial charge in [0.2, 0.25) is 0 Å². The van der Waals surface area contributed by atoms with E-state index in [1.807, 2.05) is 0 Å². The monoisotopic (exact) mass is 356 g/mol. The van der Waals surface area contributed by atoms with E-state index in [4.69, 9.17) is 4.42 Å². The molecule has 0 atom stereocenters. The molecule has 0 aliphatic rings. The Labute approximate surface area is 159 Å². The van der Waals surface area contributed by atoms with Crippen molar-refractivity contribution in [3.8, 4) is 0 Å². The van der Waals surface area contributed by atoms with Crippen molar-refractivity contribution in [2.45, 2.75) is 97.8 Å². The van der Waals surface area contributed by atoms with Crippen LogP contribution < -0.4 is 5.43 Å². The molecule has 26 heavy (non-hydrogen) atoms. The van der Waals surface area contributed by atoms with Gasteiger partial charge in [0.1, 0.15) is 5.58 Å². The minimum atomic E-state index is 0.180. The second-order valence-electron chi connectivity index (χ2n) is 7.58. The van der Waals surface area contributed by atoms with Gasteiger partial charge in [-0.05, 0) is 61.8 Å². The quantitative estimate of drug-likeness (QED) is 0.384. The molecule has 0 radical (unpaired) electrons. The Morgan fingerprint density at radius 1 is 0.692 bits per heavy atom. The van der Waals surface area contributed by atoms with Crippen LogP contribution in [0, 0.1) is 0 Å². The van der Waals surface area contributed by atoms with Gasteiger partial charge in [-0.25, -0.2) is 0 Å². The largest absolute Gasteiger partial charge is 0.464 e. The molecule has 0 aliphatic heterocycles. The van der Waals surface area contributed by atoms with E-state index in [9.17, 15) is 4.79 Å². The van der Waals surface area contributed by atoms with Crippen LogP contribution in [-0.2, 0) is 19.3 Å². The second kappa shape index (κ2) is 11.2. The van der Waals surface area contributed by atoms with Gasteiger partial charge in [-0.15, -0.1) is 0 Å². The molecule has 1 heterocycles. The minimum absolute atomic E-state index is 0.180. The van der Waals surface area contributed by atoms with E-state index in [0.717, 1.165) is 48.6 Å². The van der Waals surface area contributed by atoms with E-state index in [-0.39, 0.29) is 5.43 Å². The maximum absolute atomic E-state index is 12.9. The average molecular weight is 357 g/mol. The summed E-state index contributed by atoms with van der Waals surface area (Å²) in [5.41, 5.74) is 4.52. The Morgan fingerprint density at radius 3 is 1.73 bits per heavy atom. The third-order valence-electron chi connectivity index (χ3n) is 5.32. The topological polar surface area (TPSA) is 30.2 Å². The van der Waals surface area contributed by atoms with Crippen molar-refractivity contribution in [1.82, 2.24) is 0 Å². The predicted octanol–water partition coefficient (Wildman–Crippen LogP) is 6.99. The lowest BCUT2D eigenvalue weighted by atomic mass is 9.94. The molecule has 0 unspecified atom stereocenters. The zero-order chi connectivity index (χ0) is 18.8. The van der Waals surface area contributed by atoms with Crippen LogP contribution in [0.25, 0.3) is 11.0 Å². The van der Waals surface area contributed by atoms with Crippen molar-refractivity contribution in [2.75, 3.05) is 0 Å². The first-order valence-electron chi connectivity index (χ1n) is 10.8. The Bertz CT molecular complexity index is 727. The van der Waals surface area contributed by atoms with Crippen LogP contribution >= 0.6 is 0 Å². The average Bonchev–Trinajstić information content (AvgIpc) is 2.65. The molecular weight excluding hydrogens is 320 g/mol. The number of rotatable bonds is 12. The van der Waals surface area contributed by atoms with Crippen LogP contribution in [0.4, 0.5) is 0 Å². The molecule has 144 valence electrons. The van der Waals surface area contributed by atoms with Gasteiger partial charge in [0.25, 0.3) is 0 Å². The fourth-order valence-corrected chi connectivity index (χ4v) is 3.64. The number of hydrogen-bond acceptors (Lipinski definition) is 2. The lowest BCUT2D eigenvalue weighted by molar-refractivity contribution is 0.585. The molecule has 0 saturated carbocycles. The zero-order valence-corrected chi connectivity index (χ0v) is 17.0. The van der Waals surface area contributed by atoms with E-state index < -0.39 is 0 Å². The van der Waals surface area contributed by atoms with E-state index in [0.29, 0.717) is 0 Å². The highest BCUT2D eigenvalue weighted by molar-refractivity contribution is 5.79. The van der Waals surface area contributed by atoms with Crippen molar-refractivity contribution in [3.63, 3.8) is 0 Å². The summed E-state index contributed by atoms with van der Waals surface area (Å²) in [6.07, 6.45) is 15.5. The van der Waals surface area contributed by atoms with Crippen LogP contribution in [0.2, 0.25) is 0 Å². The Kier molecular flexibility index (Phi) is 8.94. The first-order chi connectivity index (χ1) is 12.7. The Morgan fingerprint density at radius 2 is 1.19 bits per heavy atom. The van der Waals surface area contributed by atoms with Gasteiger partial charge in [-0.3, -0.25) is 4.79 Å². The van der Waals surface area contributed by atoms with Gasteiger partial charge in [0.15, 0.2) is 5.43 Å². The lowest BCUT2D eigenvalue weighted by Gasteiger charge is -2.12. The van der Waals surface area contributed by atoms with Gasteiger partial charge in [-0.2, -0.15) is 0 Å². The zero-order valence-electron chi connectivity index (χ0n) is 17.0. The number of benzene rings is 1. The highest BCUT2D eigenvalue weighted by Gasteiger charge is 2.12. The first-order valence-corrected chi connectivity index (χ1v) is 10.8. The first kappa shape index (κ1) is 20.7. The number of unbranched alkanes of at least 4 members (excludes halogenated alkanes) is 6. The molecule has 0 bridgehead atoms.